The molecule has 8 aromatic rings. The van der Waals surface area contributed by atoms with E-state index in [0.29, 0.717) is 0 Å². The highest BCUT2D eigenvalue weighted by Gasteiger charge is 2.15. The molecule has 6 aromatic carbocycles. The fourth-order valence-electron chi connectivity index (χ4n) is 6.44. The van der Waals surface area contributed by atoms with Crippen LogP contribution in [-0.2, 0) is 0 Å². The van der Waals surface area contributed by atoms with E-state index in [1.807, 2.05) is 18.3 Å². The first kappa shape index (κ1) is 28.2. The van der Waals surface area contributed by atoms with E-state index in [2.05, 4.69) is 181 Å². The van der Waals surface area contributed by atoms with Crippen molar-refractivity contribution in [2.75, 3.05) is 0 Å². The van der Waals surface area contributed by atoms with Crippen LogP contribution in [0.15, 0.2) is 182 Å². The zero-order valence-corrected chi connectivity index (χ0v) is 25.9. The van der Waals surface area contributed by atoms with Gasteiger partial charge in [0.15, 0.2) is 0 Å². The molecule has 0 N–H and O–H groups in total. The molecule has 0 saturated heterocycles. The standard InChI is InChI=1S/C45H32N2/c1-5-15-35(16-6-1)39(36-17-7-2-8-18-36)29-33-24-26-43-41(31-33)42-32-34(25-27-44(42)47(43)45-23-13-14-28-46-45)30-40(37-19-9-3-10-20-37)38-21-11-4-12-22-38/h1-32H. The molecule has 0 radical (unpaired) electrons. The van der Waals surface area contributed by atoms with Gasteiger partial charge in [0.05, 0.1) is 11.0 Å². The van der Waals surface area contributed by atoms with Gasteiger partial charge in [-0.1, -0.05) is 140 Å². The number of nitrogens with zero attached hydrogens (tertiary/aromatic N) is 2. The van der Waals surface area contributed by atoms with Crippen LogP contribution < -0.4 is 0 Å². The molecule has 0 saturated carbocycles. The van der Waals surface area contributed by atoms with Gasteiger partial charge in [-0.2, -0.15) is 0 Å². The summed E-state index contributed by atoms with van der Waals surface area (Å²) in [5, 5.41) is 2.38. The van der Waals surface area contributed by atoms with Crippen molar-refractivity contribution in [1.82, 2.24) is 9.55 Å². The van der Waals surface area contributed by atoms with Crippen LogP contribution in [0.5, 0.6) is 0 Å². The smallest absolute Gasteiger partial charge is 0.137 e. The second-order valence-electron chi connectivity index (χ2n) is 11.7. The molecule has 2 heterocycles. The average Bonchev–Trinajstić information content (AvgIpc) is 3.47. The van der Waals surface area contributed by atoms with Crippen LogP contribution in [0.1, 0.15) is 33.4 Å². The van der Waals surface area contributed by atoms with Gasteiger partial charge in [0, 0.05) is 17.0 Å². The molecule has 0 unspecified atom stereocenters. The predicted molar refractivity (Wildman–Crippen MR) is 198 cm³/mol. The zero-order chi connectivity index (χ0) is 31.4. The Labute approximate surface area is 275 Å². The summed E-state index contributed by atoms with van der Waals surface area (Å²) in [5.41, 5.74) is 11.7. The highest BCUT2D eigenvalue weighted by Crippen LogP contribution is 2.36. The van der Waals surface area contributed by atoms with Gasteiger partial charge in [-0.25, -0.2) is 4.98 Å². The second-order valence-corrected chi connectivity index (χ2v) is 11.7. The summed E-state index contributed by atoms with van der Waals surface area (Å²) in [4.78, 5) is 4.76. The number of rotatable bonds is 7. The van der Waals surface area contributed by atoms with Gasteiger partial charge in [-0.3, -0.25) is 4.57 Å². The quantitative estimate of drug-likeness (QED) is 0.166. The molecule has 0 aliphatic carbocycles. The van der Waals surface area contributed by atoms with Crippen LogP contribution in [0.4, 0.5) is 0 Å². The number of benzene rings is 6. The van der Waals surface area contributed by atoms with E-state index in [4.69, 9.17) is 4.98 Å². The van der Waals surface area contributed by atoms with Gasteiger partial charge in [0.25, 0.3) is 0 Å². The number of aromatic nitrogens is 2. The van der Waals surface area contributed by atoms with Crippen molar-refractivity contribution in [1.29, 1.82) is 0 Å². The molecule has 0 fully saturated rings. The maximum atomic E-state index is 4.76. The van der Waals surface area contributed by atoms with Crippen LogP contribution in [-0.4, -0.2) is 9.55 Å². The van der Waals surface area contributed by atoms with Crippen LogP contribution in [0, 0.1) is 0 Å². The molecule has 8 rings (SSSR count). The molecule has 0 aliphatic rings. The first-order valence-corrected chi connectivity index (χ1v) is 16.0. The first-order valence-electron chi connectivity index (χ1n) is 16.0. The maximum absolute atomic E-state index is 4.76. The van der Waals surface area contributed by atoms with Gasteiger partial charge < -0.3 is 0 Å². The molecule has 2 heteroatoms. The minimum Gasteiger partial charge on any atom is -0.294 e. The number of hydrogen-bond acceptors (Lipinski definition) is 1. The highest BCUT2D eigenvalue weighted by molar-refractivity contribution is 6.11. The lowest BCUT2D eigenvalue weighted by Gasteiger charge is -2.10. The van der Waals surface area contributed by atoms with Crippen molar-refractivity contribution in [3.8, 4) is 5.82 Å². The SMILES string of the molecule is C(=C(c1ccccc1)c1ccccc1)c1ccc2c(c1)c1cc(C=C(c3ccccc3)c3ccccc3)ccc1n2-c1ccccn1. The third kappa shape index (κ3) is 5.69. The summed E-state index contributed by atoms with van der Waals surface area (Å²) in [6.45, 7) is 0. The van der Waals surface area contributed by atoms with Crippen LogP contribution >= 0.6 is 0 Å². The third-order valence-electron chi connectivity index (χ3n) is 8.65. The number of hydrogen-bond donors (Lipinski definition) is 0. The molecular formula is C45H32N2. The molecule has 0 atom stereocenters. The highest BCUT2D eigenvalue weighted by atomic mass is 15.1. The van der Waals surface area contributed by atoms with Gasteiger partial charge in [-0.05, 0) is 93.1 Å². The monoisotopic (exact) mass is 600 g/mol. The van der Waals surface area contributed by atoms with E-state index in [9.17, 15) is 0 Å². The van der Waals surface area contributed by atoms with Crippen molar-refractivity contribution in [2.45, 2.75) is 0 Å². The summed E-state index contributed by atoms with van der Waals surface area (Å²) in [6.07, 6.45) is 6.47. The van der Waals surface area contributed by atoms with E-state index >= 15 is 0 Å². The Morgan fingerprint density at radius 3 is 1.15 bits per heavy atom. The summed E-state index contributed by atoms with van der Waals surface area (Å²) < 4.78 is 2.27. The first-order chi connectivity index (χ1) is 23.3. The zero-order valence-electron chi connectivity index (χ0n) is 25.9. The molecule has 0 amide bonds. The van der Waals surface area contributed by atoms with Crippen molar-refractivity contribution < 1.29 is 0 Å². The largest absolute Gasteiger partial charge is 0.294 e. The number of fused-ring (bicyclic) bond motifs is 3. The van der Waals surface area contributed by atoms with Crippen molar-refractivity contribution in [3.05, 3.63) is 216 Å². The van der Waals surface area contributed by atoms with E-state index in [0.717, 1.165) is 28.0 Å². The Balaban J connectivity index is 1.35. The normalized spacial score (nSPS) is 11.0. The van der Waals surface area contributed by atoms with E-state index in [-0.39, 0.29) is 0 Å². The topological polar surface area (TPSA) is 17.8 Å². The average molecular weight is 601 g/mol. The van der Waals surface area contributed by atoms with Gasteiger partial charge in [0.2, 0.25) is 0 Å². The Morgan fingerprint density at radius 1 is 0.404 bits per heavy atom. The van der Waals surface area contributed by atoms with E-state index < -0.39 is 0 Å². The third-order valence-corrected chi connectivity index (χ3v) is 8.65. The predicted octanol–water partition coefficient (Wildman–Crippen LogP) is 11.4. The van der Waals surface area contributed by atoms with E-state index in [1.54, 1.807) is 0 Å². The second kappa shape index (κ2) is 12.6. The van der Waals surface area contributed by atoms with Crippen molar-refractivity contribution in [2.24, 2.45) is 0 Å². The summed E-state index contributed by atoms with van der Waals surface area (Å²) in [5.74, 6) is 0.905. The van der Waals surface area contributed by atoms with E-state index in [1.165, 1.54) is 44.2 Å². The lowest BCUT2D eigenvalue weighted by atomic mass is 9.94. The van der Waals surface area contributed by atoms with Crippen LogP contribution in [0.3, 0.4) is 0 Å². The van der Waals surface area contributed by atoms with Crippen LogP contribution in [0.25, 0.3) is 50.9 Å². The minimum absolute atomic E-state index is 0.905. The number of pyridine rings is 1. The Morgan fingerprint density at radius 2 is 0.787 bits per heavy atom. The fraction of sp³-hybridized carbons (Fsp3) is 0. The van der Waals surface area contributed by atoms with Crippen molar-refractivity contribution in [3.63, 3.8) is 0 Å². The fourth-order valence-corrected chi connectivity index (χ4v) is 6.44. The van der Waals surface area contributed by atoms with Gasteiger partial charge >= 0.3 is 0 Å². The maximum Gasteiger partial charge on any atom is 0.137 e. The Hall–Kier alpha value is -6.25. The Bertz CT molecular complexity index is 2120. The molecular weight excluding hydrogens is 569 g/mol. The minimum atomic E-state index is 0.905. The van der Waals surface area contributed by atoms with Crippen LogP contribution in [0.2, 0.25) is 0 Å². The molecule has 222 valence electrons. The molecule has 0 spiro atoms. The van der Waals surface area contributed by atoms with Gasteiger partial charge in [-0.15, -0.1) is 0 Å². The molecule has 47 heavy (non-hydrogen) atoms. The summed E-state index contributed by atoms with van der Waals surface area (Å²) >= 11 is 0. The molecule has 2 nitrogen and oxygen atoms in total. The van der Waals surface area contributed by atoms with Gasteiger partial charge in [0.1, 0.15) is 5.82 Å². The molecule has 0 aliphatic heterocycles. The van der Waals surface area contributed by atoms with Crippen molar-refractivity contribution >= 4 is 45.1 Å². The lowest BCUT2D eigenvalue weighted by Crippen LogP contribution is -1.96. The molecule has 2 aromatic heterocycles. The molecule has 0 bridgehead atoms. The summed E-state index contributed by atoms with van der Waals surface area (Å²) in [6, 6.07) is 62.2. The Kier molecular flexibility index (Phi) is 7.59. The lowest BCUT2D eigenvalue weighted by molar-refractivity contribution is 1.08. The summed E-state index contributed by atoms with van der Waals surface area (Å²) in [7, 11) is 0.